The number of carbonyl (C=O) groups is 1. The Hall–Kier alpha value is -2.14. The van der Waals surface area contributed by atoms with Crippen LogP contribution in [0.5, 0.6) is 0 Å². The van der Waals surface area contributed by atoms with Crippen LogP contribution in [-0.2, 0) is 14.5 Å². The quantitative estimate of drug-likeness (QED) is 0.822. The molecule has 0 radical (unpaired) electrons. The van der Waals surface area contributed by atoms with Gasteiger partial charge in [-0.2, -0.15) is 5.26 Å². The van der Waals surface area contributed by atoms with Crippen molar-refractivity contribution in [3.8, 4) is 6.07 Å². The average molecular weight is 320 g/mol. The molecule has 1 aliphatic rings. The van der Waals surface area contributed by atoms with Gasteiger partial charge < -0.3 is 15.2 Å². The summed E-state index contributed by atoms with van der Waals surface area (Å²) in [7, 11) is 0. The van der Waals surface area contributed by atoms with Gasteiger partial charge in [-0.05, 0) is 32.0 Å². The van der Waals surface area contributed by atoms with E-state index in [0.29, 0.717) is 5.69 Å². The molecule has 7 heteroatoms. The number of rotatable bonds is 4. The van der Waals surface area contributed by atoms with Gasteiger partial charge in [0.25, 0.3) is 0 Å². The maximum atomic E-state index is 11.1. The predicted octanol–water partition coefficient (Wildman–Crippen LogP) is 2.73. The monoisotopic (exact) mass is 320 g/mol. The fraction of sp³-hybridized carbons (Fsp3) is 0.500. The van der Waals surface area contributed by atoms with Crippen molar-refractivity contribution in [2.45, 2.75) is 45.8 Å². The van der Waals surface area contributed by atoms with Crippen LogP contribution in [0.4, 0.5) is 5.69 Å². The zero-order valence-corrected chi connectivity index (χ0v) is 13.5. The van der Waals surface area contributed by atoms with Crippen molar-refractivity contribution in [1.29, 1.82) is 5.26 Å². The smallest absolute Gasteiger partial charge is 0.337 e. The highest BCUT2D eigenvalue weighted by Crippen LogP contribution is 2.30. The first-order valence-corrected chi connectivity index (χ1v) is 7.28. The van der Waals surface area contributed by atoms with Crippen molar-refractivity contribution in [3.63, 3.8) is 0 Å². The van der Waals surface area contributed by atoms with E-state index in [2.05, 4.69) is 5.32 Å². The standard InChI is InChI=1S/C16H20N2O5/c1-9(2)14-21-15(16(3,4)23-22-14)18-11-5-6-12(13(19)20)10(7-11)8-17/h5-7,9,14-15,18H,1-4H3,(H,19,20). The van der Waals surface area contributed by atoms with Crippen molar-refractivity contribution >= 4 is 11.7 Å². The lowest BCUT2D eigenvalue weighted by Gasteiger charge is -2.42. The number of anilines is 1. The molecular formula is C16H20N2O5. The Kier molecular flexibility index (Phi) is 4.90. The van der Waals surface area contributed by atoms with Crippen LogP contribution in [0.25, 0.3) is 0 Å². The largest absolute Gasteiger partial charge is 0.478 e. The van der Waals surface area contributed by atoms with Crippen LogP contribution in [0, 0.1) is 17.2 Å². The highest BCUT2D eigenvalue weighted by molar-refractivity contribution is 5.91. The van der Waals surface area contributed by atoms with Crippen molar-refractivity contribution in [2.24, 2.45) is 5.92 Å². The molecule has 1 aromatic rings. The van der Waals surface area contributed by atoms with E-state index >= 15 is 0 Å². The number of benzene rings is 1. The fourth-order valence-electron chi connectivity index (χ4n) is 2.08. The Bertz CT molecular complexity index is 636. The minimum Gasteiger partial charge on any atom is -0.478 e. The topological polar surface area (TPSA) is 101 Å². The molecule has 2 unspecified atom stereocenters. The van der Waals surface area contributed by atoms with Crippen molar-refractivity contribution in [2.75, 3.05) is 5.32 Å². The Morgan fingerprint density at radius 2 is 2.13 bits per heavy atom. The van der Waals surface area contributed by atoms with Gasteiger partial charge in [-0.1, -0.05) is 13.8 Å². The summed E-state index contributed by atoms with van der Waals surface area (Å²) < 4.78 is 5.86. The molecule has 0 bridgehead atoms. The van der Waals surface area contributed by atoms with Gasteiger partial charge in [-0.15, -0.1) is 0 Å². The molecule has 2 atom stereocenters. The molecule has 124 valence electrons. The van der Waals surface area contributed by atoms with Crippen LogP contribution >= 0.6 is 0 Å². The van der Waals surface area contributed by atoms with Gasteiger partial charge in [0.05, 0.1) is 11.1 Å². The number of aromatic carboxylic acids is 1. The number of carboxylic acids is 1. The molecule has 0 aromatic heterocycles. The maximum Gasteiger partial charge on any atom is 0.337 e. The number of hydrogen-bond donors (Lipinski definition) is 2. The number of nitrogens with one attached hydrogen (secondary N) is 1. The third kappa shape index (κ3) is 3.79. The highest BCUT2D eigenvalue weighted by Gasteiger charge is 2.41. The normalized spacial score (nSPS) is 23.3. The molecule has 1 fully saturated rings. The van der Waals surface area contributed by atoms with E-state index in [4.69, 9.17) is 24.9 Å². The Balaban J connectivity index is 2.22. The van der Waals surface area contributed by atoms with Gasteiger partial charge in [-0.25, -0.2) is 14.6 Å². The van der Waals surface area contributed by atoms with Crippen LogP contribution in [-0.4, -0.2) is 29.2 Å². The molecule has 1 aromatic carbocycles. The number of hydrogen-bond acceptors (Lipinski definition) is 6. The van der Waals surface area contributed by atoms with Gasteiger partial charge in [0, 0.05) is 11.6 Å². The molecule has 2 N–H and O–H groups in total. The summed E-state index contributed by atoms with van der Waals surface area (Å²) in [5, 5.41) is 21.3. The first kappa shape index (κ1) is 17.2. The van der Waals surface area contributed by atoms with Gasteiger partial charge in [0.2, 0.25) is 0 Å². The second-order valence-electron chi connectivity index (χ2n) is 6.23. The minimum absolute atomic E-state index is 0.0403. The van der Waals surface area contributed by atoms with Crippen molar-refractivity contribution < 1.29 is 24.4 Å². The molecule has 0 saturated carbocycles. The van der Waals surface area contributed by atoms with Gasteiger partial charge in [-0.3, -0.25) is 0 Å². The fourth-order valence-corrected chi connectivity index (χ4v) is 2.08. The molecule has 7 nitrogen and oxygen atoms in total. The molecule has 0 amide bonds. The molecule has 1 saturated heterocycles. The second kappa shape index (κ2) is 6.54. The number of nitrogens with zero attached hydrogens (tertiary/aromatic N) is 1. The van der Waals surface area contributed by atoms with Gasteiger partial charge in [0.15, 0.2) is 12.5 Å². The van der Waals surface area contributed by atoms with Crippen LogP contribution in [0.3, 0.4) is 0 Å². The Morgan fingerprint density at radius 1 is 1.43 bits per heavy atom. The lowest BCUT2D eigenvalue weighted by molar-refractivity contribution is -0.485. The Labute approximate surface area is 134 Å². The van der Waals surface area contributed by atoms with Crippen LogP contribution in [0.15, 0.2) is 18.2 Å². The first-order valence-electron chi connectivity index (χ1n) is 7.28. The maximum absolute atomic E-state index is 11.1. The van der Waals surface area contributed by atoms with E-state index in [0.717, 1.165) is 0 Å². The molecule has 0 spiro atoms. The number of carboxylic acid groups (broad SMARTS) is 1. The lowest BCUT2D eigenvalue weighted by atomic mass is 10.0. The average Bonchev–Trinajstić information content (AvgIpc) is 2.48. The summed E-state index contributed by atoms with van der Waals surface area (Å²) in [4.78, 5) is 21.7. The van der Waals surface area contributed by atoms with E-state index in [1.807, 2.05) is 19.9 Å². The SMILES string of the molecule is CC(C)C1OOC(C)(C)C(Nc2ccc(C(=O)O)c(C#N)c2)O1. The zero-order valence-electron chi connectivity index (χ0n) is 13.5. The van der Waals surface area contributed by atoms with E-state index in [1.54, 1.807) is 19.9 Å². The van der Waals surface area contributed by atoms with Crippen LogP contribution in [0.1, 0.15) is 43.6 Å². The molecule has 1 aliphatic heterocycles. The van der Waals surface area contributed by atoms with E-state index in [1.165, 1.54) is 12.1 Å². The lowest BCUT2D eigenvalue weighted by Crippen LogP contribution is -2.54. The van der Waals surface area contributed by atoms with Crippen molar-refractivity contribution in [3.05, 3.63) is 29.3 Å². The first-order chi connectivity index (χ1) is 10.7. The summed E-state index contributed by atoms with van der Waals surface area (Å²) in [6.45, 7) is 7.49. The van der Waals surface area contributed by atoms with E-state index in [-0.39, 0.29) is 17.0 Å². The van der Waals surface area contributed by atoms with Gasteiger partial charge in [0.1, 0.15) is 11.7 Å². The third-order valence-corrected chi connectivity index (χ3v) is 3.47. The second-order valence-corrected chi connectivity index (χ2v) is 6.23. The number of nitriles is 1. The molecule has 2 rings (SSSR count). The molecule has 23 heavy (non-hydrogen) atoms. The summed E-state index contributed by atoms with van der Waals surface area (Å²) in [6, 6.07) is 6.33. The summed E-state index contributed by atoms with van der Waals surface area (Å²) in [6.07, 6.45) is -1.04. The molecule has 0 aliphatic carbocycles. The summed E-state index contributed by atoms with van der Waals surface area (Å²) >= 11 is 0. The van der Waals surface area contributed by atoms with Gasteiger partial charge >= 0.3 is 5.97 Å². The Morgan fingerprint density at radius 3 is 2.70 bits per heavy atom. The number of ether oxygens (including phenoxy) is 1. The van der Waals surface area contributed by atoms with Crippen LogP contribution in [0.2, 0.25) is 0 Å². The van der Waals surface area contributed by atoms with E-state index < -0.39 is 24.1 Å². The van der Waals surface area contributed by atoms with Crippen molar-refractivity contribution in [1.82, 2.24) is 0 Å². The van der Waals surface area contributed by atoms with Crippen LogP contribution < -0.4 is 5.32 Å². The predicted molar refractivity (Wildman–Crippen MR) is 81.5 cm³/mol. The van der Waals surface area contributed by atoms with E-state index in [9.17, 15) is 4.79 Å². The highest BCUT2D eigenvalue weighted by atomic mass is 17.2. The summed E-state index contributed by atoms with van der Waals surface area (Å²) in [5.41, 5.74) is -0.156. The third-order valence-electron chi connectivity index (χ3n) is 3.47. The molecule has 1 heterocycles. The molecular weight excluding hydrogens is 300 g/mol. The zero-order chi connectivity index (χ0) is 17.2. The summed E-state index contributed by atoms with van der Waals surface area (Å²) in [5.74, 6) is -1.04. The minimum atomic E-state index is -1.14.